The van der Waals surface area contributed by atoms with Crippen LogP contribution in [0.4, 0.5) is 0 Å². The second kappa shape index (κ2) is 16.1. The summed E-state index contributed by atoms with van der Waals surface area (Å²) in [6.45, 7) is 0. The van der Waals surface area contributed by atoms with Crippen LogP contribution in [0.25, 0.3) is 139 Å². The molecule has 70 heavy (non-hydrogen) atoms. The van der Waals surface area contributed by atoms with E-state index in [1.54, 1.807) is 0 Å². The summed E-state index contributed by atoms with van der Waals surface area (Å²) in [5.41, 5.74) is 17.1. The number of rotatable bonds is 7. The molecule has 5 nitrogen and oxygen atoms in total. The summed E-state index contributed by atoms with van der Waals surface area (Å²) in [7, 11) is 0. The van der Waals surface area contributed by atoms with Crippen LogP contribution < -0.4 is 0 Å². The maximum absolute atomic E-state index is 6.70. The van der Waals surface area contributed by atoms with Crippen molar-refractivity contribution in [3.63, 3.8) is 0 Å². The van der Waals surface area contributed by atoms with E-state index in [1.165, 1.54) is 21.8 Å². The van der Waals surface area contributed by atoms with Gasteiger partial charge >= 0.3 is 0 Å². The summed E-state index contributed by atoms with van der Waals surface area (Å²) in [6.07, 6.45) is 0. The van der Waals surface area contributed by atoms with Crippen molar-refractivity contribution in [2.45, 2.75) is 0 Å². The minimum atomic E-state index is 0.657. The first-order valence-corrected chi connectivity index (χ1v) is 23.7. The zero-order valence-electron chi connectivity index (χ0n) is 37.8. The fraction of sp³-hybridized carbons (Fsp3) is 0. The Morgan fingerprint density at radius 1 is 0.314 bits per heavy atom. The van der Waals surface area contributed by atoms with Crippen molar-refractivity contribution in [3.8, 4) is 73.1 Å². The molecule has 4 aromatic heterocycles. The molecule has 14 aromatic rings. The summed E-state index contributed by atoms with van der Waals surface area (Å²) >= 11 is 0. The van der Waals surface area contributed by atoms with Crippen LogP contribution in [-0.2, 0) is 0 Å². The molecule has 0 aliphatic carbocycles. The maximum Gasteiger partial charge on any atom is 0.160 e. The van der Waals surface area contributed by atoms with Crippen molar-refractivity contribution in [1.29, 1.82) is 0 Å². The average molecular weight is 893 g/mol. The SMILES string of the molecule is c1ccc(-c2cc(-c3cccc(-n4c5ccccc5c5ccccc54)c3)nc(-c3cccc(-c4cccc(-c5c6c(cc7c(-c8ccccc8)nc8ccccc8c57)oc5ccccc56)c4)c3)n2)cc1. The predicted octanol–water partition coefficient (Wildman–Crippen LogP) is 17.2. The largest absolute Gasteiger partial charge is 0.456 e. The lowest BCUT2D eigenvalue weighted by Crippen LogP contribution is -1.98. The number of furan rings is 1. The van der Waals surface area contributed by atoms with E-state index in [9.17, 15) is 0 Å². The Labute approximate surface area is 403 Å². The van der Waals surface area contributed by atoms with Gasteiger partial charge in [-0.1, -0.05) is 182 Å². The number of para-hydroxylation sites is 4. The van der Waals surface area contributed by atoms with E-state index in [0.717, 1.165) is 111 Å². The molecule has 0 saturated heterocycles. The van der Waals surface area contributed by atoms with E-state index >= 15 is 0 Å². The molecule has 0 amide bonds. The van der Waals surface area contributed by atoms with E-state index in [0.29, 0.717) is 5.82 Å². The summed E-state index contributed by atoms with van der Waals surface area (Å²) in [6, 6.07) is 85.5. The highest BCUT2D eigenvalue weighted by Crippen LogP contribution is 2.47. The van der Waals surface area contributed by atoms with Crippen molar-refractivity contribution >= 4 is 65.4 Å². The average Bonchev–Trinajstić information content (AvgIpc) is 3.98. The van der Waals surface area contributed by atoms with Crippen LogP contribution in [-0.4, -0.2) is 19.5 Å². The molecule has 0 spiro atoms. The van der Waals surface area contributed by atoms with Crippen molar-refractivity contribution in [2.75, 3.05) is 0 Å². The van der Waals surface area contributed by atoms with Gasteiger partial charge in [-0.15, -0.1) is 0 Å². The maximum atomic E-state index is 6.70. The number of benzene rings is 10. The molecule has 0 aliphatic heterocycles. The molecule has 0 N–H and O–H groups in total. The van der Waals surface area contributed by atoms with Gasteiger partial charge in [0.2, 0.25) is 0 Å². The molecule has 4 heterocycles. The molecule has 0 atom stereocenters. The molecule has 0 radical (unpaired) electrons. The third-order valence-corrected chi connectivity index (χ3v) is 13.8. The van der Waals surface area contributed by atoms with E-state index in [4.69, 9.17) is 19.4 Å². The smallest absolute Gasteiger partial charge is 0.160 e. The lowest BCUT2D eigenvalue weighted by molar-refractivity contribution is 0.669. The highest BCUT2D eigenvalue weighted by Gasteiger charge is 2.22. The van der Waals surface area contributed by atoms with Gasteiger partial charge in [0.1, 0.15) is 11.2 Å². The predicted molar refractivity (Wildman–Crippen MR) is 289 cm³/mol. The van der Waals surface area contributed by atoms with E-state index in [2.05, 4.69) is 229 Å². The van der Waals surface area contributed by atoms with Gasteiger partial charge in [-0.25, -0.2) is 15.0 Å². The van der Waals surface area contributed by atoms with E-state index < -0.39 is 0 Å². The molecule has 0 fully saturated rings. The normalized spacial score (nSPS) is 11.7. The van der Waals surface area contributed by atoms with Crippen LogP contribution >= 0.6 is 0 Å². The van der Waals surface area contributed by atoms with Crippen molar-refractivity contribution in [3.05, 3.63) is 243 Å². The molecule has 326 valence electrons. The van der Waals surface area contributed by atoms with Crippen molar-refractivity contribution < 1.29 is 4.42 Å². The van der Waals surface area contributed by atoms with Crippen molar-refractivity contribution in [2.24, 2.45) is 0 Å². The molecule has 14 rings (SSSR count). The summed E-state index contributed by atoms with van der Waals surface area (Å²) < 4.78 is 9.06. The second-order valence-corrected chi connectivity index (χ2v) is 17.9. The zero-order chi connectivity index (χ0) is 46.1. The highest BCUT2D eigenvalue weighted by atomic mass is 16.3. The van der Waals surface area contributed by atoms with Crippen LogP contribution in [0.2, 0.25) is 0 Å². The van der Waals surface area contributed by atoms with Crippen LogP contribution in [0.3, 0.4) is 0 Å². The standard InChI is InChI=1S/C65H40N4O/c1-3-18-41(19-4-1)55-40-56(45-24-17-27-48(38-45)69-57-33-12-8-28-49(57)50-29-9-13-34-58(50)69)68-65(67-55)47-26-16-23-44(37-47)43-22-15-25-46(36-43)61-62-51-30-7-11-32-54(51)66-64(42-20-5-2-6-21-42)53(62)39-60-63(61)52-31-10-14-35-59(52)70-60/h1-40H. The highest BCUT2D eigenvalue weighted by molar-refractivity contribution is 6.28. The fourth-order valence-electron chi connectivity index (χ4n) is 10.6. The quantitative estimate of drug-likeness (QED) is 0.150. The first kappa shape index (κ1) is 39.7. The Kier molecular flexibility index (Phi) is 9.14. The Morgan fingerprint density at radius 3 is 1.60 bits per heavy atom. The van der Waals surface area contributed by atoms with Gasteiger partial charge in [0.25, 0.3) is 0 Å². The minimum Gasteiger partial charge on any atom is -0.456 e. The first-order chi connectivity index (χ1) is 34.7. The van der Waals surface area contributed by atoms with Crippen LogP contribution in [0.5, 0.6) is 0 Å². The number of nitrogens with zero attached hydrogens (tertiary/aromatic N) is 4. The molecular formula is C65H40N4O. The molecule has 0 saturated carbocycles. The van der Waals surface area contributed by atoms with Crippen LogP contribution in [0.15, 0.2) is 247 Å². The molecule has 5 heteroatoms. The second-order valence-electron chi connectivity index (χ2n) is 17.9. The topological polar surface area (TPSA) is 56.7 Å². The number of hydrogen-bond donors (Lipinski definition) is 0. The third kappa shape index (κ3) is 6.51. The fourth-order valence-corrected chi connectivity index (χ4v) is 10.6. The molecule has 0 bridgehead atoms. The lowest BCUT2D eigenvalue weighted by atomic mass is 9.88. The first-order valence-electron chi connectivity index (χ1n) is 23.7. The summed E-state index contributed by atoms with van der Waals surface area (Å²) in [5.74, 6) is 0.657. The summed E-state index contributed by atoms with van der Waals surface area (Å²) in [4.78, 5) is 15.9. The van der Waals surface area contributed by atoms with Gasteiger partial charge in [0.15, 0.2) is 5.82 Å². The number of pyridine rings is 1. The molecular weight excluding hydrogens is 853 g/mol. The molecule has 0 aliphatic rings. The van der Waals surface area contributed by atoms with Crippen LogP contribution in [0, 0.1) is 0 Å². The van der Waals surface area contributed by atoms with E-state index in [1.807, 2.05) is 18.2 Å². The van der Waals surface area contributed by atoms with Gasteiger partial charge in [0.05, 0.1) is 33.6 Å². The summed E-state index contributed by atoms with van der Waals surface area (Å²) in [5, 5.41) is 7.92. The lowest BCUT2D eigenvalue weighted by Gasteiger charge is -2.16. The molecule has 10 aromatic carbocycles. The minimum absolute atomic E-state index is 0.657. The monoisotopic (exact) mass is 892 g/mol. The molecule has 0 unspecified atom stereocenters. The number of aromatic nitrogens is 4. The number of fused-ring (bicyclic) bond motifs is 9. The Morgan fingerprint density at radius 2 is 0.857 bits per heavy atom. The Balaban J connectivity index is 0.936. The zero-order valence-corrected chi connectivity index (χ0v) is 37.8. The third-order valence-electron chi connectivity index (χ3n) is 13.8. The van der Waals surface area contributed by atoms with Crippen LogP contribution in [0.1, 0.15) is 0 Å². The Hall–Kier alpha value is -9.45. The van der Waals surface area contributed by atoms with Gasteiger partial charge in [-0.3, -0.25) is 0 Å². The number of hydrogen-bond acceptors (Lipinski definition) is 4. The van der Waals surface area contributed by atoms with E-state index in [-0.39, 0.29) is 0 Å². The van der Waals surface area contributed by atoms with Crippen molar-refractivity contribution in [1.82, 2.24) is 19.5 Å². The van der Waals surface area contributed by atoms with Gasteiger partial charge in [-0.05, 0) is 77.4 Å². The van der Waals surface area contributed by atoms with Gasteiger partial charge in [-0.2, -0.15) is 0 Å². The van der Waals surface area contributed by atoms with Gasteiger partial charge < -0.3 is 8.98 Å². The Bertz CT molecular complexity index is 4310. The van der Waals surface area contributed by atoms with Gasteiger partial charge in [0, 0.05) is 71.2 Å².